The van der Waals surface area contributed by atoms with Crippen molar-refractivity contribution in [1.82, 2.24) is 0 Å². The van der Waals surface area contributed by atoms with Crippen molar-refractivity contribution < 1.29 is 14.7 Å². The average Bonchev–Trinajstić information content (AvgIpc) is 2.34. The third kappa shape index (κ3) is 2.21. The van der Waals surface area contributed by atoms with E-state index < -0.39 is 16.6 Å². The van der Waals surface area contributed by atoms with E-state index in [1.165, 1.54) is 0 Å². The summed E-state index contributed by atoms with van der Waals surface area (Å²) in [7, 11) is 0. The Morgan fingerprint density at radius 2 is 1.50 bits per heavy atom. The van der Waals surface area contributed by atoms with Gasteiger partial charge in [-0.05, 0) is 33.6 Å². The van der Waals surface area contributed by atoms with Crippen LogP contribution in [0.15, 0.2) is 11.3 Å². The zero-order valence-corrected chi connectivity index (χ0v) is 13.4. The highest BCUT2D eigenvalue weighted by molar-refractivity contribution is 6.31. The van der Waals surface area contributed by atoms with E-state index >= 15 is 0 Å². The molecule has 1 aliphatic carbocycles. The summed E-state index contributed by atoms with van der Waals surface area (Å²) in [6, 6.07) is 0. The molecule has 0 aliphatic heterocycles. The Bertz CT molecular complexity index is 510. The normalized spacial score (nSPS) is 23.2. The van der Waals surface area contributed by atoms with E-state index in [9.17, 15) is 14.7 Å². The predicted octanol–water partition coefficient (Wildman–Crippen LogP) is 3.31. The quantitative estimate of drug-likeness (QED) is 0.614. The van der Waals surface area contributed by atoms with Crippen LogP contribution in [0, 0.1) is 28.1 Å². The van der Waals surface area contributed by atoms with Crippen LogP contribution in [0.4, 0.5) is 0 Å². The number of aliphatic hydroxyl groups excluding tert-OH is 1. The lowest BCUT2D eigenvalue weighted by atomic mass is 9.62. The van der Waals surface area contributed by atoms with E-state index in [4.69, 9.17) is 5.41 Å². The number of aliphatic hydroxyl groups is 1. The summed E-state index contributed by atoms with van der Waals surface area (Å²) in [6.45, 7) is 12.1. The number of nitrogens with one attached hydrogen (secondary N) is 1. The summed E-state index contributed by atoms with van der Waals surface area (Å²) in [5.41, 5.74) is -2.18. The van der Waals surface area contributed by atoms with Crippen LogP contribution in [0.3, 0.4) is 0 Å². The number of allylic oxidation sites excluding steroid dienone is 2. The summed E-state index contributed by atoms with van der Waals surface area (Å²) < 4.78 is 0. The molecule has 2 N–H and O–H groups in total. The van der Waals surface area contributed by atoms with E-state index in [1.807, 2.05) is 20.8 Å². The molecule has 0 saturated carbocycles. The van der Waals surface area contributed by atoms with Gasteiger partial charge in [-0.3, -0.25) is 9.59 Å². The molecule has 4 nitrogen and oxygen atoms in total. The number of ketones is 2. The molecule has 1 aliphatic rings. The molecule has 0 heterocycles. The molecule has 0 bridgehead atoms. The van der Waals surface area contributed by atoms with Crippen molar-refractivity contribution in [3.05, 3.63) is 11.3 Å². The van der Waals surface area contributed by atoms with Crippen molar-refractivity contribution in [2.75, 3.05) is 0 Å². The SMILES string of the molecule is CC(C)C(C)C(=N)C1=C(O)C(C)(C)C(=O)C(C)(C)C1=O. The van der Waals surface area contributed by atoms with Gasteiger partial charge >= 0.3 is 0 Å². The smallest absolute Gasteiger partial charge is 0.181 e. The van der Waals surface area contributed by atoms with Crippen molar-refractivity contribution >= 4 is 17.3 Å². The summed E-state index contributed by atoms with van der Waals surface area (Å²) in [6.07, 6.45) is 0. The predicted molar refractivity (Wildman–Crippen MR) is 79.0 cm³/mol. The van der Waals surface area contributed by atoms with Crippen molar-refractivity contribution in [3.63, 3.8) is 0 Å². The van der Waals surface area contributed by atoms with Crippen LogP contribution >= 0.6 is 0 Å². The van der Waals surface area contributed by atoms with Gasteiger partial charge in [-0.25, -0.2) is 0 Å². The minimum absolute atomic E-state index is 0.0285. The van der Waals surface area contributed by atoms with Crippen LogP contribution in [-0.4, -0.2) is 22.4 Å². The van der Waals surface area contributed by atoms with Crippen LogP contribution in [-0.2, 0) is 9.59 Å². The molecule has 0 fully saturated rings. The molecule has 0 spiro atoms. The molecule has 0 aromatic carbocycles. The van der Waals surface area contributed by atoms with Crippen LogP contribution in [0.1, 0.15) is 48.5 Å². The number of hydrogen-bond acceptors (Lipinski definition) is 4. The van der Waals surface area contributed by atoms with Crippen molar-refractivity contribution in [2.24, 2.45) is 22.7 Å². The van der Waals surface area contributed by atoms with Gasteiger partial charge < -0.3 is 10.5 Å². The van der Waals surface area contributed by atoms with Crippen LogP contribution in [0.25, 0.3) is 0 Å². The Morgan fingerprint density at radius 3 is 1.90 bits per heavy atom. The summed E-state index contributed by atoms with van der Waals surface area (Å²) in [5, 5.41) is 18.6. The van der Waals surface area contributed by atoms with E-state index in [1.54, 1.807) is 27.7 Å². The molecule has 1 atom stereocenters. The van der Waals surface area contributed by atoms with Gasteiger partial charge in [0.05, 0.1) is 16.4 Å². The van der Waals surface area contributed by atoms with Crippen molar-refractivity contribution in [3.8, 4) is 0 Å². The second-order valence-corrected chi connectivity index (χ2v) is 7.08. The number of carbonyl (C=O) groups is 2. The van der Waals surface area contributed by atoms with Gasteiger partial charge in [-0.15, -0.1) is 0 Å². The molecule has 20 heavy (non-hydrogen) atoms. The highest BCUT2D eigenvalue weighted by Gasteiger charge is 2.54. The Morgan fingerprint density at radius 1 is 1.05 bits per heavy atom. The minimum atomic E-state index is -1.20. The van der Waals surface area contributed by atoms with Gasteiger partial charge in [-0.1, -0.05) is 20.8 Å². The maximum atomic E-state index is 12.5. The number of carbonyl (C=O) groups excluding carboxylic acids is 2. The number of Topliss-reactive ketones (excluding diaryl/α,β-unsaturated/α-hetero) is 2. The molecular formula is C16H25NO3. The zero-order valence-electron chi connectivity index (χ0n) is 13.4. The second kappa shape index (κ2) is 4.83. The first-order valence-electron chi connectivity index (χ1n) is 6.99. The van der Waals surface area contributed by atoms with Crippen LogP contribution in [0.5, 0.6) is 0 Å². The topological polar surface area (TPSA) is 78.2 Å². The van der Waals surface area contributed by atoms with Gasteiger partial charge in [-0.2, -0.15) is 0 Å². The van der Waals surface area contributed by atoms with Gasteiger partial charge in [0, 0.05) is 11.6 Å². The lowest BCUT2D eigenvalue weighted by Gasteiger charge is -2.39. The third-order valence-electron chi connectivity index (χ3n) is 4.48. The maximum absolute atomic E-state index is 12.5. The number of rotatable bonds is 3. The fourth-order valence-electron chi connectivity index (χ4n) is 2.54. The summed E-state index contributed by atoms with van der Waals surface area (Å²) in [4.78, 5) is 24.9. The maximum Gasteiger partial charge on any atom is 0.181 e. The first kappa shape index (κ1) is 16.6. The Hall–Kier alpha value is -1.45. The zero-order chi connectivity index (χ0) is 16.0. The molecule has 0 aromatic rings. The van der Waals surface area contributed by atoms with E-state index in [2.05, 4.69) is 0 Å². The van der Waals surface area contributed by atoms with Gasteiger partial charge in [0.25, 0.3) is 0 Å². The molecule has 0 radical (unpaired) electrons. The largest absolute Gasteiger partial charge is 0.510 e. The molecular weight excluding hydrogens is 254 g/mol. The monoisotopic (exact) mass is 279 g/mol. The minimum Gasteiger partial charge on any atom is -0.510 e. The van der Waals surface area contributed by atoms with E-state index in [0.29, 0.717) is 0 Å². The Labute approximate surface area is 120 Å². The van der Waals surface area contributed by atoms with E-state index in [0.717, 1.165) is 0 Å². The van der Waals surface area contributed by atoms with E-state index in [-0.39, 0.29) is 34.7 Å². The average molecular weight is 279 g/mol. The Balaban J connectivity index is 3.51. The van der Waals surface area contributed by atoms with Crippen LogP contribution in [0.2, 0.25) is 0 Å². The summed E-state index contributed by atoms with van der Waals surface area (Å²) >= 11 is 0. The number of hydrogen-bond donors (Lipinski definition) is 2. The molecule has 1 rings (SSSR count). The molecule has 112 valence electrons. The lowest BCUT2D eigenvalue weighted by Crippen LogP contribution is -2.50. The fourth-order valence-corrected chi connectivity index (χ4v) is 2.54. The van der Waals surface area contributed by atoms with Crippen molar-refractivity contribution in [1.29, 1.82) is 5.41 Å². The van der Waals surface area contributed by atoms with Gasteiger partial charge in [0.15, 0.2) is 11.6 Å². The molecule has 0 amide bonds. The summed E-state index contributed by atoms with van der Waals surface area (Å²) in [5.74, 6) is -0.988. The molecule has 0 saturated heterocycles. The standard InChI is InChI=1S/C16H25NO3/c1-8(2)9(3)11(17)10-12(18)15(4,5)14(20)16(6,7)13(10)19/h8-9,17-18H,1-7H3. The second-order valence-electron chi connectivity index (χ2n) is 7.08. The van der Waals surface area contributed by atoms with Gasteiger partial charge in [0.1, 0.15) is 5.76 Å². The molecule has 4 heteroatoms. The third-order valence-corrected chi connectivity index (χ3v) is 4.48. The van der Waals surface area contributed by atoms with Crippen molar-refractivity contribution in [2.45, 2.75) is 48.5 Å². The van der Waals surface area contributed by atoms with Gasteiger partial charge in [0.2, 0.25) is 0 Å². The van der Waals surface area contributed by atoms with Crippen LogP contribution < -0.4 is 0 Å². The molecule has 1 unspecified atom stereocenters. The highest BCUT2D eigenvalue weighted by Crippen LogP contribution is 2.44. The first-order valence-corrected chi connectivity index (χ1v) is 6.99. The molecule has 0 aromatic heterocycles. The fraction of sp³-hybridized carbons (Fsp3) is 0.688. The lowest BCUT2D eigenvalue weighted by molar-refractivity contribution is -0.144. The highest BCUT2D eigenvalue weighted by atomic mass is 16.3. The first-order chi connectivity index (χ1) is 8.86. The Kier molecular flexibility index (Phi) is 4.01.